The van der Waals surface area contributed by atoms with E-state index in [1.165, 1.54) is 42.7 Å². The first kappa shape index (κ1) is 16.6. The Bertz CT molecular complexity index is 764. The number of Topliss-reactive ketones (excluding diaryl/α,β-unsaturated/α-hetero) is 1. The number of benzene rings is 1. The first-order chi connectivity index (χ1) is 11.0. The molecule has 0 unspecified atom stereocenters. The fraction of sp³-hybridized carbons (Fsp3) is 0.125. The van der Waals surface area contributed by atoms with Gasteiger partial charge < -0.3 is 9.47 Å². The third-order valence-corrected chi connectivity index (χ3v) is 3.69. The summed E-state index contributed by atoms with van der Waals surface area (Å²) in [6.45, 7) is -2.97. The molecule has 1 aromatic heterocycles. The van der Waals surface area contributed by atoms with Gasteiger partial charge in [-0.25, -0.2) is 0 Å². The minimum absolute atomic E-state index is 0.0583. The topological polar surface area (TPSA) is 59.3 Å². The minimum Gasteiger partial charge on any atom is -0.493 e. The van der Waals surface area contributed by atoms with Crippen molar-refractivity contribution in [1.82, 2.24) is 0 Å². The highest BCUT2D eigenvalue weighted by Gasteiger charge is 2.14. The second-order valence-electron chi connectivity index (χ2n) is 4.27. The van der Waals surface area contributed by atoms with Crippen molar-refractivity contribution < 1.29 is 23.0 Å². The number of ketones is 1. The molecule has 2 rings (SSSR count). The summed E-state index contributed by atoms with van der Waals surface area (Å²) < 4.78 is 33.9. The average molecular weight is 335 g/mol. The number of thiophene rings is 1. The number of carbonyl (C=O) groups is 1. The van der Waals surface area contributed by atoms with E-state index in [2.05, 4.69) is 4.74 Å². The number of ether oxygens (including phenoxy) is 2. The maximum absolute atomic E-state index is 12.3. The largest absolute Gasteiger partial charge is 0.493 e. The molecule has 0 spiro atoms. The summed E-state index contributed by atoms with van der Waals surface area (Å²) in [4.78, 5) is 12.6. The molecule has 0 bridgehead atoms. The van der Waals surface area contributed by atoms with Crippen LogP contribution in [0.1, 0.15) is 15.2 Å². The fourth-order valence-corrected chi connectivity index (χ4v) is 2.50. The van der Waals surface area contributed by atoms with Gasteiger partial charge in [0.25, 0.3) is 0 Å². The average Bonchev–Trinajstić information content (AvgIpc) is 3.07. The second-order valence-corrected chi connectivity index (χ2v) is 5.21. The summed E-state index contributed by atoms with van der Waals surface area (Å²) in [5.74, 6) is -0.433. The van der Waals surface area contributed by atoms with Gasteiger partial charge in [0.2, 0.25) is 5.78 Å². The summed E-state index contributed by atoms with van der Waals surface area (Å²) in [5, 5.41) is 10.9. The molecule has 0 atom stereocenters. The lowest BCUT2D eigenvalue weighted by Crippen LogP contribution is -2.03. The summed E-state index contributed by atoms with van der Waals surface area (Å²) >= 11 is 1.23. The first-order valence-corrected chi connectivity index (χ1v) is 7.26. The van der Waals surface area contributed by atoms with E-state index >= 15 is 0 Å². The number of allylic oxidation sites excluding steroid dienone is 1. The molecule has 0 aliphatic heterocycles. The van der Waals surface area contributed by atoms with E-state index in [0.29, 0.717) is 10.4 Å². The molecular formula is C16H11F2NO3S. The Morgan fingerprint density at radius 1 is 1.35 bits per heavy atom. The van der Waals surface area contributed by atoms with Crippen LogP contribution in [0.5, 0.6) is 11.5 Å². The zero-order chi connectivity index (χ0) is 16.8. The lowest BCUT2D eigenvalue weighted by Gasteiger charge is -2.10. The molecule has 0 aliphatic rings. The zero-order valence-electron chi connectivity index (χ0n) is 12.0. The molecule has 0 radical (unpaired) electrons. The number of nitriles is 1. The maximum atomic E-state index is 12.3. The molecule has 0 aliphatic carbocycles. The molecule has 0 amide bonds. The zero-order valence-corrected chi connectivity index (χ0v) is 12.8. The van der Waals surface area contributed by atoms with E-state index in [-0.39, 0.29) is 17.1 Å². The highest BCUT2D eigenvalue weighted by Crippen LogP contribution is 2.30. The Morgan fingerprint density at radius 2 is 2.13 bits per heavy atom. The molecule has 0 saturated heterocycles. The van der Waals surface area contributed by atoms with Crippen molar-refractivity contribution in [2.24, 2.45) is 0 Å². The number of halogens is 2. The van der Waals surface area contributed by atoms with Crippen LogP contribution in [0.15, 0.2) is 41.3 Å². The Balaban J connectivity index is 2.33. The van der Waals surface area contributed by atoms with E-state index in [1.807, 2.05) is 6.07 Å². The van der Waals surface area contributed by atoms with Crippen LogP contribution in [0.3, 0.4) is 0 Å². The Labute approximate surface area is 135 Å². The van der Waals surface area contributed by atoms with Crippen molar-refractivity contribution in [3.8, 4) is 17.6 Å². The van der Waals surface area contributed by atoms with E-state index in [9.17, 15) is 13.6 Å². The van der Waals surface area contributed by atoms with Crippen molar-refractivity contribution >= 4 is 23.2 Å². The van der Waals surface area contributed by atoms with Gasteiger partial charge >= 0.3 is 6.61 Å². The van der Waals surface area contributed by atoms with Crippen LogP contribution in [0, 0.1) is 11.3 Å². The number of nitrogens with zero attached hydrogens (tertiary/aromatic N) is 1. The van der Waals surface area contributed by atoms with Gasteiger partial charge in [-0.1, -0.05) is 12.1 Å². The lowest BCUT2D eigenvalue weighted by molar-refractivity contribution is -0.0512. The predicted octanol–water partition coefficient (Wildman–Crippen LogP) is 4.15. The van der Waals surface area contributed by atoms with Crippen molar-refractivity contribution in [3.05, 3.63) is 51.7 Å². The molecule has 2 aromatic rings. The summed E-state index contributed by atoms with van der Waals surface area (Å²) in [6.07, 6.45) is 1.37. The first-order valence-electron chi connectivity index (χ1n) is 6.38. The summed E-state index contributed by atoms with van der Waals surface area (Å²) in [5.41, 5.74) is 0.405. The number of hydrogen-bond acceptors (Lipinski definition) is 5. The van der Waals surface area contributed by atoms with E-state index in [0.717, 1.165) is 0 Å². The maximum Gasteiger partial charge on any atom is 0.387 e. The van der Waals surface area contributed by atoms with Crippen LogP contribution in [-0.4, -0.2) is 19.5 Å². The van der Waals surface area contributed by atoms with E-state index in [4.69, 9.17) is 10.00 Å². The molecule has 0 N–H and O–H groups in total. The molecule has 118 valence electrons. The molecule has 0 fully saturated rings. The smallest absolute Gasteiger partial charge is 0.387 e. The van der Waals surface area contributed by atoms with Crippen molar-refractivity contribution in [2.45, 2.75) is 6.61 Å². The molecule has 4 nitrogen and oxygen atoms in total. The standard InChI is InChI=1S/C16H11F2NO3S/c1-21-13-8-10(4-5-12(13)22-16(17)18)7-11(9-19)15(20)14-3-2-6-23-14/h2-8,16H,1H3/b11-7+. The quantitative estimate of drug-likeness (QED) is 0.452. The van der Waals surface area contributed by atoms with Gasteiger partial charge in [0, 0.05) is 0 Å². The normalized spacial score (nSPS) is 11.2. The van der Waals surface area contributed by atoms with Crippen molar-refractivity contribution in [2.75, 3.05) is 7.11 Å². The van der Waals surface area contributed by atoms with Crippen LogP contribution >= 0.6 is 11.3 Å². The van der Waals surface area contributed by atoms with E-state index < -0.39 is 12.4 Å². The third kappa shape index (κ3) is 4.14. The lowest BCUT2D eigenvalue weighted by atomic mass is 10.1. The van der Waals surface area contributed by atoms with Gasteiger partial charge in [-0.05, 0) is 35.2 Å². The summed E-state index contributed by atoms with van der Waals surface area (Å²) in [7, 11) is 1.31. The van der Waals surface area contributed by atoms with Gasteiger partial charge in [0.15, 0.2) is 11.5 Å². The fourth-order valence-electron chi connectivity index (χ4n) is 1.82. The molecule has 7 heteroatoms. The van der Waals surface area contributed by atoms with Crippen LogP contribution in [-0.2, 0) is 0 Å². The van der Waals surface area contributed by atoms with Crippen molar-refractivity contribution in [1.29, 1.82) is 5.26 Å². The van der Waals surface area contributed by atoms with Gasteiger partial charge in [0.05, 0.1) is 12.0 Å². The number of methoxy groups -OCH3 is 1. The molecule has 0 saturated carbocycles. The van der Waals surface area contributed by atoms with Crippen LogP contribution < -0.4 is 9.47 Å². The molecule has 23 heavy (non-hydrogen) atoms. The highest BCUT2D eigenvalue weighted by molar-refractivity contribution is 7.12. The Morgan fingerprint density at radius 3 is 2.70 bits per heavy atom. The number of carbonyl (C=O) groups excluding carboxylic acids is 1. The van der Waals surface area contributed by atoms with Crippen LogP contribution in [0.25, 0.3) is 6.08 Å². The second kappa shape index (κ2) is 7.51. The predicted molar refractivity (Wildman–Crippen MR) is 81.9 cm³/mol. The minimum atomic E-state index is -2.97. The van der Waals surface area contributed by atoms with Gasteiger partial charge in [-0.2, -0.15) is 14.0 Å². The van der Waals surface area contributed by atoms with Gasteiger partial charge in [-0.15, -0.1) is 11.3 Å². The molecule has 1 aromatic carbocycles. The monoisotopic (exact) mass is 335 g/mol. The van der Waals surface area contributed by atoms with Gasteiger partial charge in [-0.3, -0.25) is 4.79 Å². The molecule has 1 heterocycles. The molecular weight excluding hydrogens is 324 g/mol. The Kier molecular flexibility index (Phi) is 5.44. The van der Waals surface area contributed by atoms with Crippen LogP contribution in [0.4, 0.5) is 8.78 Å². The summed E-state index contributed by atoms with van der Waals surface area (Å²) in [6, 6.07) is 9.35. The SMILES string of the molecule is COc1cc(/C=C(\C#N)C(=O)c2cccs2)ccc1OC(F)F. The number of hydrogen-bond donors (Lipinski definition) is 0. The highest BCUT2D eigenvalue weighted by atomic mass is 32.1. The third-order valence-electron chi connectivity index (χ3n) is 2.82. The Hall–Kier alpha value is -2.72. The van der Waals surface area contributed by atoms with Crippen LogP contribution in [0.2, 0.25) is 0 Å². The number of rotatable bonds is 6. The van der Waals surface area contributed by atoms with E-state index in [1.54, 1.807) is 17.5 Å². The van der Waals surface area contributed by atoms with Gasteiger partial charge in [0.1, 0.15) is 11.6 Å². The number of alkyl halides is 2. The van der Waals surface area contributed by atoms with Crippen molar-refractivity contribution in [3.63, 3.8) is 0 Å².